The summed E-state index contributed by atoms with van der Waals surface area (Å²) in [6, 6.07) is 15.9. The van der Waals surface area contributed by atoms with E-state index in [-0.39, 0.29) is 5.78 Å². The molecule has 0 bridgehead atoms. The Kier molecular flexibility index (Phi) is 6.23. The van der Waals surface area contributed by atoms with Crippen LogP contribution in [0.15, 0.2) is 54.7 Å². The van der Waals surface area contributed by atoms with Crippen molar-refractivity contribution in [2.75, 3.05) is 0 Å². The highest BCUT2D eigenvalue weighted by molar-refractivity contribution is 7.22. The van der Waals surface area contributed by atoms with Gasteiger partial charge in [-0.3, -0.25) is 9.48 Å². The van der Waals surface area contributed by atoms with Gasteiger partial charge in [0.05, 0.1) is 21.3 Å². The molecular weight excluding hydrogens is 490 g/mol. The second-order valence-corrected chi connectivity index (χ2v) is 11.6. The van der Waals surface area contributed by atoms with Crippen LogP contribution in [0.3, 0.4) is 0 Å². The predicted octanol–water partition coefficient (Wildman–Crippen LogP) is 7.92. The molecule has 0 unspecified atom stereocenters. The molecule has 5 aromatic rings. The van der Waals surface area contributed by atoms with Crippen molar-refractivity contribution in [2.24, 2.45) is 7.05 Å². The van der Waals surface area contributed by atoms with Crippen molar-refractivity contribution in [1.82, 2.24) is 14.8 Å². The number of carbonyl (C=O) groups excluding carboxylic acids is 1. The van der Waals surface area contributed by atoms with Crippen LogP contribution in [0.25, 0.3) is 42.8 Å². The number of hydrogen-bond donors (Lipinski definition) is 0. The smallest absolute Gasteiger partial charge is 0.163 e. The van der Waals surface area contributed by atoms with Gasteiger partial charge >= 0.3 is 0 Å². The fourth-order valence-electron chi connectivity index (χ4n) is 4.61. The second-order valence-electron chi connectivity index (χ2n) is 10.1. The van der Waals surface area contributed by atoms with E-state index in [1.165, 1.54) is 0 Å². The van der Waals surface area contributed by atoms with E-state index in [2.05, 4.69) is 17.2 Å². The molecule has 5 nitrogen and oxygen atoms in total. The van der Waals surface area contributed by atoms with Crippen molar-refractivity contribution in [3.8, 4) is 21.7 Å². The fraction of sp³-hybridized carbons (Fsp3) is 0.276. The quantitative estimate of drug-likeness (QED) is 0.237. The molecule has 0 aliphatic rings. The van der Waals surface area contributed by atoms with Crippen LogP contribution in [0, 0.1) is 6.92 Å². The van der Waals surface area contributed by atoms with Gasteiger partial charge in [0, 0.05) is 40.3 Å². The Morgan fingerprint density at radius 1 is 1.11 bits per heavy atom. The molecule has 5 rings (SSSR count). The molecular formula is C29H28ClN3O2S. The summed E-state index contributed by atoms with van der Waals surface area (Å²) in [6.45, 7) is 9.53. The number of hydrogen-bond acceptors (Lipinski definition) is 5. The Labute approximate surface area is 219 Å². The Balaban J connectivity index is 1.82. The fourth-order valence-corrected chi connectivity index (χ4v) is 5.90. The van der Waals surface area contributed by atoms with Gasteiger partial charge in [-0.1, -0.05) is 35.9 Å². The zero-order valence-electron chi connectivity index (χ0n) is 21.2. The topological polar surface area (TPSA) is 57.0 Å². The maximum absolute atomic E-state index is 13.0. The van der Waals surface area contributed by atoms with Gasteiger partial charge in [0.15, 0.2) is 5.78 Å². The number of ketones is 1. The summed E-state index contributed by atoms with van der Waals surface area (Å²) in [5.74, 6) is -0.0348. The number of fused-ring (bicyclic) bond motifs is 2. The summed E-state index contributed by atoms with van der Waals surface area (Å²) in [4.78, 5) is 18.0. The molecule has 2 aromatic heterocycles. The molecule has 1 atom stereocenters. The maximum Gasteiger partial charge on any atom is 0.163 e. The molecule has 0 amide bonds. The average Bonchev–Trinajstić information content (AvgIpc) is 3.38. The largest absolute Gasteiger partial charge is 0.360 e. The minimum absolute atomic E-state index is 0.0348. The highest BCUT2D eigenvalue weighted by Gasteiger charge is 2.30. The van der Waals surface area contributed by atoms with E-state index in [1.54, 1.807) is 18.3 Å². The second kappa shape index (κ2) is 9.11. The van der Waals surface area contributed by atoms with Crippen molar-refractivity contribution in [1.29, 1.82) is 0 Å². The Hall–Kier alpha value is -3.06. The van der Waals surface area contributed by atoms with Gasteiger partial charge in [0.1, 0.15) is 11.1 Å². The molecule has 0 aliphatic carbocycles. The van der Waals surface area contributed by atoms with E-state index in [9.17, 15) is 4.79 Å². The Bertz CT molecular complexity index is 1610. The van der Waals surface area contributed by atoms with E-state index in [0.717, 1.165) is 53.9 Å². The monoisotopic (exact) mass is 517 g/mol. The van der Waals surface area contributed by atoms with Gasteiger partial charge in [-0.25, -0.2) is 4.98 Å². The number of ether oxygens (including phenoxy) is 1. The minimum Gasteiger partial charge on any atom is -0.360 e. The van der Waals surface area contributed by atoms with E-state index in [4.69, 9.17) is 21.3 Å². The third kappa shape index (κ3) is 4.57. The molecule has 0 radical (unpaired) electrons. The van der Waals surface area contributed by atoms with E-state index >= 15 is 0 Å². The lowest BCUT2D eigenvalue weighted by Gasteiger charge is -2.29. The zero-order valence-corrected chi connectivity index (χ0v) is 22.8. The number of aryl methyl sites for hydroxylation is 2. The van der Waals surface area contributed by atoms with E-state index in [0.29, 0.717) is 5.02 Å². The lowest BCUT2D eigenvalue weighted by atomic mass is 9.90. The van der Waals surface area contributed by atoms with Gasteiger partial charge in [0.2, 0.25) is 0 Å². The molecule has 36 heavy (non-hydrogen) atoms. The molecule has 3 aromatic carbocycles. The van der Waals surface area contributed by atoms with Crippen LogP contribution in [0.2, 0.25) is 5.02 Å². The normalized spacial score (nSPS) is 13.0. The van der Waals surface area contributed by atoms with Gasteiger partial charge < -0.3 is 4.74 Å². The first-order valence-electron chi connectivity index (χ1n) is 11.8. The standard InChI is InChI=1S/C29H28ClN3O2S/c1-16-14-23-27(36-28(31-23)20-8-7-9-22-21(20)15-33(6)32-22)25(18-10-12-19(30)13-11-18)24(16)26(17(2)34)35-29(3,4)5/h7-15,26H,1-6H3/t26-/m1/s1. The first-order chi connectivity index (χ1) is 17.0. The summed E-state index contributed by atoms with van der Waals surface area (Å²) < 4.78 is 9.19. The Morgan fingerprint density at radius 2 is 1.83 bits per heavy atom. The van der Waals surface area contributed by atoms with Crippen molar-refractivity contribution in [3.63, 3.8) is 0 Å². The number of rotatable bonds is 5. The molecule has 0 fully saturated rings. The number of thiazole rings is 1. The summed E-state index contributed by atoms with van der Waals surface area (Å²) in [5.41, 5.74) is 6.14. The highest BCUT2D eigenvalue weighted by atomic mass is 35.5. The van der Waals surface area contributed by atoms with Crippen molar-refractivity contribution >= 4 is 49.8 Å². The molecule has 0 N–H and O–H groups in total. The number of halogens is 1. The molecule has 7 heteroatoms. The summed E-state index contributed by atoms with van der Waals surface area (Å²) >= 11 is 7.86. The molecule has 0 aliphatic heterocycles. The summed E-state index contributed by atoms with van der Waals surface area (Å²) in [5, 5.41) is 7.18. The molecule has 0 saturated heterocycles. The van der Waals surface area contributed by atoms with Crippen LogP contribution >= 0.6 is 22.9 Å². The highest BCUT2D eigenvalue weighted by Crippen LogP contribution is 2.45. The van der Waals surface area contributed by atoms with Crippen molar-refractivity contribution in [2.45, 2.75) is 46.3 Å². The number of Topliss-reactive ketones (excluding diaryl/α,β-unsaturated/α-hetero) is 1. The van der Waals surface area contributed by atoms with Crippen LogP contribution in [-0.2, 0) is 16.6 Å². The molecule has 2 heterocycles. The van der Waals surface area contributed by atoms with Crippen LogP contribution in [0.5, 0.6) is 0 Å². The molecule has 0 spiro atoms. The van der Waals surface area contributed by atoms with E-state index < -0.39 is 11.7 Å². The number of carbonyl (C=O) groups is 1. The van der Waals surface area contributed by atoms with Crippen LogP contribution in [-0.4, -0.2) is 26.1 Å². The van der Waals surface area contributed by atoms with Gasteiger partial charge in [-0.05, 0) is 70.0 Å². The number of nitrogens with zero attached hydrogens (tertiary/aromatic N) is 3. The molecule has 0 saturated carbocycles. The van der Waals surface area contributed by atoms with Crippen molar-refractivity contribution in [3.05, 3.63) is 70.9 Å². The minimum atomic E-state index is -0.701. The van der Waals surface area contributed by atoms with Crippen LogP contribution in [0.1, 0.15) is 44.9 Å². The lowest BCUT2D eigenvalue weighted by Crippen LogP contribution is -2.27. The van der Waals surface area contributed by atoms with Gasteiger partial charge in [-0.15, -0.1) is 11.3 Å². The first-order valence-corrected chi connectivity index (χ1v) is 13.0. The van der Waals surface area contributed by atoms with Gasteiger partial charge in [-0.2, -0.15) is 5.10 Å². The van der Waals surface area contributed by atoms with Crippen LogP contribution < -0.4 is 0 Å². The number of aromatic nitrogens is 3. The average molecular weight is 518 g/mol. The zero-order chi connectivity index (χ0) is 25.8. The third-order valence-electron chi connectivity index (χ3n) is 6.06. The third-order valence-corrected chi connectivity index (χ3v) is 7.43. The first kappa shape index (κ1) is 24.6. The SMILES string of the molecule is CC(=O)[C@@H](OC(C)(C)C)c1c(C)cc2nc(-c3cccc4nn(C)cc34)sc2c1-c1ccc(Cl)cc1. The predicted molar refractivity (Wildman–Crippen MR) is 149 cm³/mol. The summed E-state index contributed by atoms with van der Waals surface area (Å²) in [6.07, 6.45) is 1.32. The number of benzene rings is 3. The Morgan fingerprint density at radius 3 is 2.50 bits per heavy atom. The maximum atomic E-state index is 13.0. The van der Waals surface area contributed by atoms with Gasteiger partial charge in [0.25, 0.3) is 0 Å². The van der Waals surface area contributed by atoms with Crippen molar-refractivity contribution < 1.29 is 9.53 Å². The van der Waals surface area contributed by atoms with Crippen LogP contribution in [0.4, 0.5) is 0 Å². The van der Waals surface area contributed by atoms with E-state index in [1.807, 2.05) is 82.0 Å². The summed E-state index contributed by atoms with van der Waals surface area (Å²) in [7, 11) is 1.92. The molecule has 184 valence electrons. The lowest BCUT2D eigenvalue weighted by molar-refractivity contribution is -0.138.